The number of nitrogens with one attached hydrogen (secondary N) is 2. The molecule has 0 bridgehead atoms. The predicted molar refractivity (Wildman–Crippen MR) is 144 cm³/mol. The van der Waals surface area contributed by atoms with Crippen LogP contribution in [0, 0.1) is 0 Å². The zero-order valence-corrected chi connectivity index (χ0v) is 21.5. The van der Waals surface area contributed by atoms with Gasteiger partial charge in [-0.15, -0.1) is 12.4 Å². The molecule has 0 heterocycles. The number of hydrogen-bond acceptors (Lipinski definition) is 4. The number of rotatable bonds is 12. The first-order valence-corrected chi connectivity index (χ1v) is 11.7. The Labute approximate surface area is 209 Å². The van der Waals surface area contributed by atoms with E-state index in [1.807, 2.05) is 62.6 Å². The molecule has 0 aliphatic rings. The van der Waals surface area contributed by atoms with E-state index in [0.717, 1.165) is 49.9 Å². The SMILES string of the molecule is CCCCc1ccc(C(=O)NC(=S)Nc2ccc(CC(=O)CCCCN(C)C)cc2)cc1.Cl. The van der Waals surface area contributed by atoms with Gasteiger partial charge in [-0.2, -0.15) is 0 Å². The van der Waals surface area contributed by atoms with Crippen LogP contribution >= 0.6 is 24.6 Å². The summed E-state index contributed by atoms with van der Waals surface area (Å²) in [5.41, 5.74) is 3.56. The third-order valence-electron chi connectivity index (χ3n) is 5.19. The third-order valence-corrected chi connectivity index (χ3v) is 5.39. The van der Waals surface area contributed by atoms with E-state index in [1.54, 1.807) is 0 Å². The van der Waals surface area contributed by atoms with Gasteiger partial charge in [0.2, 0.25) is 0 Å². The van der Waals surface area contributed by atoms with Gasteiger partial charge in [0.15, 0.2) is 5.11 Å². The molecule has 2 rings (SSSR count). The second kappa shape index (κ2) is 15.5. The number of carbonyl (C=O) groups excluding carboxylic acids is 2. The highest BCUT2D eigenvalue weighted by atomic mass is 35.5. The molecule has 0 aromatic heterocycles. The van der Waals surface area contributed by atoms with E-state index in [1.165, 1.54) is 5.56 Å². The van der Waals surface area contributed by atoms with Crippen LogP contribution in [0.3, 0.4) is 0 Å². The average molecular weight is 490 g/mol. The van der Waals surface area contributed by atoms with Crippen LogP contribution in [0.2, 0.25) is 0 Å². The standard InChI is InChI=1S/C26H35N3O2S.ClH/c1-4-5-8-20-10-14-22(15-11-20)25(31)28-26(32)27-23-16-12-21(13-17-23)19-24(30)9-6-7-18-29(2)3;/h10-17H,4-9,18-19H2,1-3H3,(H2,27,28,31,32);1H. The summed E-state index contributed by atoms with van der Waals surface area (Å²) in [6.07, 6.45) is 6.33. The van der Waals surface area contributed by atoms with Gasteiger partial charge in [0.1, 0.15) is 5.78 Å². The number of aryl methyl sites for hydroxylation is 1. The van der Waals surface area contributed by atoms with Gasteiger partial charge in [-0.25, -0.2) is 0 Å². The minimum absolute atomic E-state index is 0. The largest absolute Gasteiger partial charge is 0.332 e. The summed E-state index contributed by atoms with van der Waals surface area (Å²) in [5.74, 6) is 0.0222. The maximum Gasteiger partial charge on any atom is 0.257 e. The zero-order chi connectivity index (χ0) is 23.3. The second-order valence-corrected chi connectivity index (χ2v) is 8.79. The lowest BCUT2D eigenvalue weighted by molar-refractivity contribution is -0.118. The highest BCUT2D eigenvalue weighted by molar-refractivity contribution is 7.80. The van der Waals surface area contributed by atoms with Gasteiger partial charge in [-0.3, -0.25) is 14.9 Å². The molecule has 0 spiro atoms. The van der Waals surface area contributed by atoms with Crippen LogP contribution in [0.25, 0.3) is 0 Å². The van der Waals surface area contributed by atoms with Crippen LogP contribution < -0.4 is 10.6 Å². The molecule has 0 aliphatic heterocycles. The fourth-order valence-electron chi connectivity index (χ4n) is 3.31. The molecule has 180 valence electrons. The average Bonchev–Trinajstić information content (AvgIpc) is 2.76. The highest BCUT2D eigenvalue weighted by Crippen LogP contribution is 2.12. The number of amides is 1. The topological polar surface area (TPSA) is 61.4 Å². The number of carbonyl (C=O) groups is 2. The second-order valence-electron chi connectivity index (χ2n) is 8.38. The van der Waals surface area contributed by atoms with Gasteiger partial charge in [0.25, 0.3) is 5.91 Å². The monoisotopic (exact) mass is 489 g/mol. The molecule has 2 N–H and O–H groups in total. The summed E-state index contributed by atoms with van der Waals surface area (Å²) in [5, 5.41) is 5.98. The molecule has 1 amide bonds. The number of Topliss-reactive ketones (excluding diaryl/α,β-unsaturated/α-hetero) is 1. The Morgan fingerprint density at radius 1 is 0.909 bits per heavy atom. The van der Waals surface area contributed by atoms with Crippen LogP contribution in [0.1, 0.15) is 60.5 Å². The van der Waals surface area contributed by atoms with Gasteiger partial charge in [0.05, 0.1) is 0 Å². The van der Waals surface area contributed by atoms with E-state index in [2.05, 4.69) is 22.5 Å². The molecule has 0 saturated carbocycles. The van der Waals surface area contributed by atoms with Crippen molar-refractivity contribution in [2.45, 2.75) is 51.9 Å². The van der Waals surface area contributed by atoms with E-state index in [4.69, 9.17) is 12.2 Å². The van der Waals surface area contributed by atoms with Crippen molar-refractivity contribution in [2.75, 3.05) is 26.0 Å². The molecule has 0 aliphatic carbocycles. The van der Waals surface area contributed by atoms with Crippen molar-refractivity contribution in [3.05, 3.63) is 65.2 Å². The summed E-state index contributed by atoms with van der Waals surface area (Å²) < 4.78 is 0. The molecule has 0 atom stereocenters. The van der Waals surface area contributed by atoms with E-state index in [9.17, 15) is 9.59 Å². The highest BCUT2D eigenvalue weighted by Gasteiger charge is 2.09. The maximum atomic E-state index is 12.4. The Morgan fingerprint density at radius 2 is 1.55 bits per heavy atom. The van der Waals surface area contributed by atoms with Crippen molar-refractivity contribution in [2.24, 2.45) is 0 Å². The number of anilines is 1. The first kappa shape index (κ1) is 28.8. The van der Waals surface area contributed by atoms with Crippen molar-refractivity contribution in [3.8, 4) is 0 Å². The fraction of sp³-hybridized carbons (Fsp3) is 0.423. The molecule has 5 nitrogen and oxygen atoms in total. The molecule has 7 heteroatoms. The Kier molecular flexibility index (Phi) is 13.5. The molecule has 2 aromatic carbocycles. The van der Waals surface area contributed by atoms with Crippen LogP contribution in [0.15, 0.2) is 48.5 Å². The Hall–Kier alpha value is -2.28. The van der Waals surface area contributed by atoms with Crippen molar-refractivity contribution in [3.63, 3.8) is 0 Å². The zero-order valence-electron chi connectivity index (χ0n) is 19.9. The summed E-state index contributed by atoms with van der Waals surface area (Å²) in [7, 11) is 4.08. The van der Waals surface area contributed by atoms with Crippen LogP contribution in [0.4, 0.5) is 5.69 Å². The van der Waals surface area contributed by atoms with Gasteiger partial charge in [0, 0.05) is 24.1 Å². The molecule has 0 unspecified atom stereocenters. The predicted octanol–water partition coefficient (Wildman–Crippen LogP) is 5.42. The molecule has 0 saturated heterocycles. The Bertz CT molecular complexity index is 883. The van der Waals surface area contributed by atoms with Gasteiger partial charge in [-0.05, 0) is 93.9 Å². The lowest BCUT2D eigenvalue weighted by Gasteiger charge is -2.11. The first-order valence-electron chi connectivity index (χ1n) is 11.3. The number of benzene rings is 2. The van der Waals surface area contributed by atoms with Crippen LogP contribution in [-0.2, 0) is 17.6 Å². The maximum absolute atomic E-state index is 12.4. The minimum atomic E-state index is -0.235. The molecular weight excluding hydrogens is 454 g/mol. The van der Waals surface area contributed by atoms with E-state index in [-0.39, 0.29) is 29.2 Å². The Balaban J connectivity index is 0.00000544. The lowest BCUT2D eigenvalue weighted by Crippen LogP contribution is -2.34. The smallest absolute Gasteiger partial charge is 0.257 e. The number of ketones is 1. The number of hydrogen-bond donors (Lipinski definition) is 2. The number of halogens is 1. The van der Waals surface area contributed by atoms with Crippen molar-refractivity contribution >= 4 is 47.1 Å². The molecule has 2 aromatic rings. The van der Waals surface area contributed by atoms with Crippen LogP contribution in [-0.4, -0.2) is 42.3 Å². The van der Waals surface area contributed by atoms with Crippen LogP contribution in [0.5, 0.6) is 0 Å². The first-order chi connectivity index (χ1) is 15.4. The van der Waals surface area contributed by atoms with E-state index < -0.39 is 0 Å². The molecule has 0 radical (unpaired) electrons. The normalized spacial score (nSPS) is 10.4. The molecule has 33 heavy (non-hydrogen) atoms. The summed E-state index contributed by atoms with van der Waals surface area (Å²) >= 11 is 5.28. The number of nitrogens with zero attached hydrogens (tertiary/aromatic N) is 1. The van der Waals surface area contributed by atoms with Crippen molar-refractivity contribution < 1.29 is 9.59 Å². The minimum Gasteiger partial charge on any atom is -0.332 e. The summed E-state index contributed by atoms with van der Waals surface area (Å²) in [4.78, 5) is 26.7. The van der Waals surface area contributed by atoms with Crippen molar-refractivity contribution in [1.29, 1.82) is 0 Å². The molecular formula is C26H36ClN3O2S. The van der Waals surface area contributed by atoms with Gasteiger partial charge in [-0.1, -0.05) is 37.6 Å². The lowest BCUT2D eigenvalue weighted by atomic mass is 10.0. The van der Waals surface area contributed by atoms with Crippen molar-refractivity contribution in [1.82, 2.24) is 10.2 Å². The van der Waals surface area contributed by atoms with E-state index >= 15 is 0 Å². The fourth-order valence-corrected chi connectivity index (χ4v) is 3.52. The molecule has 0 fully saturated rings. The van der Waals surface area contributed by atoms with Gasteiger partial charge < -0.3 is 10.2 Å². The third kappa shape index (κ3) is 11.4. The number of unbranched alkanes of at least 4 members (excludes halogenated alkanes) is 2. The number of thiocarbonyl (C=S) groups is 1. The summed E-state index contributed by atoms with van der Waals surface area (Å²) in [6, 6.07) is 15.2. The Morgan fingerprint density at radius 3 is 2.15 bits per heavy atom. The van der Waals surface area contributed by atoms with Gasteiger partial charge >= 0.3 is 0 Å². The quantitative estimate of drug-likeness (QED) is 0.308. The summed E-state index contributed by atoms with van der Waals surface area (Å²) in [6.45, 7) is 3.17. The van der Waals surface area contributed by atoms with E-state index in [0.29, 0.717) is 18.4 Å².